The van der Waals surface area contributed by atoms with Crippen molar-refractivity contribution < 1.29 is 0 Å². The van der Waals surface area contributed by atoms with E-state index >= 15 is 0 Å². The third-order valence-electron chi connectivity index (χ3n) is 3.08. The molecule has 0 amide bonds. The first-order valence-corrected chi connectivity index (χ1v) is 6.26. The Morgan fingerprint density at radius 3 is 2.50 bits per heavy atom. The molecule has 2 nitrogen and oxygen atoms in total. The Kier molecular flexibility index (Phi) is 6.12. The SMILES string of the molecule is CCC(CNC(C)CCN)c1ccccc1. The first-order chi connectivity index (χ1) is 7.77. The molecule has 1 aromatic carbocycles. The largest absolute Gasteiger partial charge is 0.330 e. The van der Waals surface area contributed by atoms with Crippen molar-refractivity contribution in [2.45, 2.75) is 38.6 Å². The highest BCUT2D eigenvalue weighted by Gasteiger charge is 2.09. The maximum absolute atomic E-state index is 5.54. The lowest BCUT2D eigenvalue weighted by Crippen LogP contribution is -2.32. The summed E-state index contributed by atoms with van der Waals surface area (Å²) in [6, 6.07) is 11.2. The van der Waals surface area contributed by atoms with Crippen molar-refractivity contribution in [3.63, 3.8) is 0 Å². The standard InChI is InChI=1S/C14H24N2/c1-3-13(11-16-12(2)9-10-15)14-7-5-4-6-8-14/h4-8,12-13,16H,3,9-11,15H2,1-2H3. The zero-order chi connectivity index (χ0) is 11.8. The van der Waals surface area contributed by atoms with E-state index in [1.165, 1.54) is 12.0 Å². The third-order valence-corrected chi connectivity index (χ3v) is 3.08. The maximum Gasteiger partial charge on any atom is 0.00509 e. The molecule has 16 heavy (non-hydrogen) atoms. The molecule has 2 unspecified atom stereocenters. The molecule has 0 saturated heterocycles. The van der Waals surface area contributed by atoms with E-state index in [2.05, 4.69) is 49.5 Å². The van der Waals surface area contributed by atoms with Crippen LogP contribution in [0.5, 0.6) is 0 Å². The molecule has 90 valence electrons. The van der Waals surface area contributed by atoms with Crippen LogP contribution in [0.25, 0.3) is 0 Å². The van der Waals surface area contributed by atoms with Crippen LogP contribution in [0, 0.1) is 0 Å². The summed E-state index contributed by atoms with van der Waals surface area (Å²) in [6.07, 6.45) is 2.22. The Balaban J connectivity index is 2.44. The van der Waals surface area contributed by atoms with E-state index in [1.807, 2.05) is 0 Å². The van der Waals surface area contributed by atoms with Crippen molar-refractivity contribution in [1.29, 1.82) is 0 Å². The Morgan fingerprint density at radius 2 is 1.94 bits per heavy atom. The lowest BCUT2D eigenvalue weighted by Gasteiger charge is -2.19. The van der Waals surface area contributed by atoms with Gasteiger partial charge in [0.2, 0.25) is 0 Å². The predicted molar refractivity (Wildman–Crippen MR) is 70.6 cm³/mol. The van der Waals surface area contributed by atoms with E-state index in [0.29, 0.717) is 12.0 Å². The molecule has 2 atom stereocenters. The number of nitrogens with two attached hydrogens (primary N) is 1. The Labute approximate surface area is 99.2 Å². The van der Waals surface area contributed by atoms with Crippen LogP contribution in [0.3, 0.4) is 0 Å². The quantitative estimate of drug-likeness (QED) is 0.741. The molecule has 0 aliphatic rings. The number of hydrogen-bond acceptors (Lipinski definition) is 2. The maximum atomic E-state index is 5.54. The summed E-state index contributed by atoms with van der Waals surface area (Å²) >= 11 is 0. The molecule has 0 aliphatic carbocycles. The average molecular weight is 220 g/mol. The normalized spacial score (nSPS) is 14.7. The second kappa shape index (κ2) is 7.42. The molecule has 3 N–H and O–H groups in total. The van der Waals surface area contributed by atoms with Crippen LogP contribution in [0.1, 0.15) is 38.2 Å². The first-order valence-electron chi connectivity index (χ1n) is 6.26. The summed E-state index contributed by atoms with van der Waals surface area (Å²) in [5.41, 5.74) is 6.97. The van der Waals surface area contributed by atoms with Crippen LogP contribution in [0.4, 0.5) is 0 Å². The van der Waals surface area contributed by atoms with Crippen LogP contribution >= 0.6 is 0 Å². The minimum absolute atomic E-state index is 0.516. The van der Waals surface area contributed by atoms with Crippen molar-refractivity contribution in [3.8, 4) is 0 Å². The van der Waals surface area contributed by atoms with Crippen LogP contribution in [0.2, 0.25) is 0 Å². The molecule has 2 heteroatoms. The van der Waals surface area contributed by atoms with Gasteiger partial charge in [-0.1, -0.05) is 37.3 Å². The zero-order valence-electron chi connectivity index (χ0n) is 10.4. The molecule has 0 bridgehead atoms. The summed E-state index contributed by atoms with van der Waals surface area (Å²) in [4.78, 5) is 0. The lowest BCUT2D eigenvalue weighted by atomic mass is 9.96. The van der Waals surface area contributed by atoms with Gasteiger partial charge in [-0.25, -0.2) is 0 Å². The van der Waals surface area contributed by atoms with Crippen molar-refractivity contribution in [2.24, 2.45) is 5.73 Å². The van der Waals surface area contributed by atoms with Crippen molar-refractivity contribution >= 4 is 0 Å². The highest BCUT2D eigenvalue weighted by molar-refractivity contribution is 5.19. The van der Waals surface area contributed by atoms with Crippen LogP contribution < -0.4 is 11.1 Å². The summed E-state index contributed by atoms with van der Waals surface area (Å²) in [5.74, 6) is 0.612. The van der Waals surface area contributed by atoms with Gasteiger partial charge in [-0.2, -0.15) is 0 Å². The monoisotopic (exact) mass is 220 g/mol. The fourth-order valence-electron chi connectivity index (χ4n) is 1.92. The summed E-state index contributed by atoms with van der Waals surface area (Å²) in [5, 5.41) is 3.55. The van der Waals surface area contributed by atoms with Gasteiger partial charge in [0.05, 0.1) is 0 Å². The van der Waals surface area contributed by atoms with Gasteiger partial charge in [0.15, 0.2) is 0 Å². The van der Waals surface area contributed by atoms with Crippen LogP contribution in [-0.2, 0) is 0 Å². The molecule has 0 radical (unpaired) electrons. The van der Waals surface area contributed by atoms with E-state index in [4.69, 9.17) is 5.73 Å². The van der Waals surface area contributed by atoms with Crippen LogP contribution in [-0.4, -0.2) is 19.1 Å². The van der Waals surface area contributed by atoms with Gasteiger partial charge in [-0.05, 0) is 37.8 Å². The molecular formula is C14H24N2. The van der Waals surface area contributed by atoms with Gasteiger partial charge in [0.25, 0.3) is 0 Å². The lowest BCUT2D eigenvalue weighted by molar-refractivity contribution is 0.480. The van der Waals surface area contributed by atoms with E-state index in [9.17, 15) is 0 Å². The molecule has 0 spiro atoms. The van der Waals surface area contributed by atoms with Gasteiger partial charge < -0.3 is 11.1 Å². The van der Waals surface area contributed by atoms with Gasteiger partial charge in [0.1, 0.15) is 0 Å². The van der Waals surface area contributed by atoms with Gasteiger partial charge in [-0.15, -0.1) is 0 Å². The third kappa shape index (κ3) is 4.33. The topological polar surface area (TPSA) is 38.0 Å². The Hall–Kier alpha value is -0.860. The Bertz CT molecular complexity index is 271. The number of benzene rings is 1. The molecule has 1 rings (SSSR count). The van der Waals surface area contributed by atoms with Crippen molar-refractivity contribution in [2.75, 3.05) is 13.1 Å². The first kappa shape index (κ1) is 13.2. The minimum Gasteiger partial charge on any atom is -0.330 e. The highest BCUT2D eigenvalue weighted by Crippen LogP contribution is 2.18. The second-order valence-corrected chi connectivity index (χ2v) is 4.40. The van der Waals surface area contributed by atoms with E-state index < -0.39 is 0 Å². The smallest absolute Gasteiger partial charge is 0.00509 e. The summed E-state index contributed by atoms with van der Waals surface area (Å²) in [7, 11) is 0. The zero-order valence-corrected chi connectivity index (χ0v) is 10.4. The number of rotatable bonds is 7. The number of nitrogens with one attached hydrogen (secondary N) is 1. The molecule has 0 aromatic heterocycles. The fraction of sp³-hybridized carbons (Fsp3) is 0.571. The van der Waals surface area contributed by atoms with Crippen LogP contribution in [0.15, 0.2) is 30.3 Å². The van der Waals surface area contributed by atoms with Gasteiger partial charge in [0, 0.05) is 12.6 Å². The molecule has 0 fully saturated rings. The van der Waals surface area contributed by atoms with Gasteiger partial charge >= 0.3 is 0 Å². The minimum atomic E-state index is 0.516. The second-order valence-electron chi connectivity index (χ2n) is 4.40. The van der Waals surface area contributed by atoms with E-state index in [-0.39, 0.29) is 0 Å². The summed E-state index contributed by atoms with van der Waals surface area (Å²) in [6.45, 7) is 6.25. The Morgan fingerprint density at radius 1 is 1.25 bits per heavy atom. The molecule has 0 aliphatic heterocycles. The van der Waals surface area contributed by atoms with E-state index in [0.717, 1.165) is 19.5 Å². The predicted octanol–water partition coefficient (Wildman–Crippen LogP) is 2.51. The molecule has 1 aromatic rings. The number of hydrogen-bond donors (Lipinski definition) is 2. The van der Waals surface area contributed by atoms with E-state index in [1.54, 1.807) is 0 Å². The van der Waals surface area contributed by atoms with Crippen molar-refractivity contribution in [1.82, 2.24) is 5.32 Å². The molecular weight excluding hydrogens is 196 g/mol. The van der Waals surface area contributed by atoms with Gasteiger partial charge in [-0.3, -0.25) is 0 Å². The highest BCUT2D eigenvalue weighted by atomic mass is 14.9. The summed E-state index contributed by atoms with van der Waals surface area (Å²) < 4.78 is 0. The molecule has 0 saturated carbocycles. The fourth-order valence-corrected chi connectivity index (χ4v) is 1.92. The van der Waals surface area contributed by atoms with Crippen molar-refractivity contribution in [3.05, 3.63) is 35.9 Å². The molecule has 0 heterocycles. The average Bonchev–Trinajstić information content (AvgIpc) is 2.31.